The number of ether oxygens (including phenoxy) is 3. The van der Waals surface area contributed by atoms with E-state index in [0.29, 0.717) is 17.2 Å². The van der Waals surface area contributed by atoms with Gasteiger partial charge in [0.25, 0.3) is 0 Å². The maximum absolute atomic E-state index is 13.2. The molecule has 7 nitrogen and oxygen atoms in total. The Bertz CT molecular complexity index is 774. The number of hydrogen-bond donors (Lipinski definition) is 1. The Balaban J connectivity index is 1.22. The molecular formula is C24H35N3O4. The molecule has 6 rings (SSSR count). The van der Waals surface area contributed by atoms with Crippen LogP contribution in [0.2, 0.25) is 0 Å². The number of benzene rings is 1. The van der Waals surface area contributed by atoms with Gasteiger partial charge in [0.15, 0.2) is 11.5 Å². The predicted octanol–water partition coefficient (Wildman–Crippen LogP) is 3.51. The standard InChI is InChI=1S/C24H35N3O4/c1-29-20-11-19(12-21(30-2)22(20)31-3)26-4-6-27(7-5-26)23(28)25-24-13-16-8-17(14-24)10-18(9-16)15-24/h11-12,16-18H,4-10,13-15H2,1-3H3,(H,25,28). The fourth-order valence-corrected chi connectivity index (χ4v) is 6.99. The van der Waals surface area contributed by atoms with Gasteiger partial charge in [-0.3, -0.25) is 0 Å². The van der Waals surface area contributed by atoms with Gasteiger partial charge in [-0.2, -0.15) is 0 Å². The molecule has 5 fully saturated rings. The predicted molar refractivity (Wildman–Crippen MR) is 119 cm³/mol. The maximum atomic E-state index is 13.2. The zero-order chi connectivity index (χ0) is 21.6. The van der Waals surface area contributed by atoms with E-state index in [1.807, 2.05) is 17.0 Å². The lowest BCUT2D eigenvalue weighted by molar-refractivity contribution is -0.0157. The average Bonchev–Trinajstić information content (AvgIpc) is 2.76. The first-order valence-electron chi connectivity index (χ1n) is 11.6. The Morgan fingerprint density at radius 1 is 0.871 bits per heavy atom. The van der Waals surface area contributed by atoms with E-state index in [0.717, 1.165) is 49.6 Å². The summed E-state index contributed by atoms with van der Waals surface area (Å²) >= 11 is 0. The lowest BCUT2D eigenvalue weighted by atomic mass is 9.53. The van der Waals surface area contributed by atoms with Gasteiger partial charge in [0.05, 0.1) is 21.3 Å². The highest BCUT2D eigenvalue weighted by Crippen LogP contribution is 2.55. The second-order valence-corrected chi connectivity index (χ2v) is 9.99. The molecule has 1 heterocycles. The van der Waals surface area contributed by atoms with Crippen molar-refractivity contribution in [2.45, 2.75) is 44.1 Å². The van der Waals surface area contributed by atoms with Gasteiger partial charge in [0.2, 0.25) is 5.75 Å². The van der Waals surface area contributed by atoms with Crippen molar-refractivity contribution < 1.29 is 19.0 Å². The van der Waals surface area contributed by atoms with Gasteiger partial charge in [0, 0.05) is 49.5 Å². The maximum Gasteiger partial charge on any atom is 0.317 e. The number of carbonyl (C=O) groups is 1. The van der Waals surface area contributed by atoms with Crippen molar-refractivity contribution in [3.63, 3.8) is 0 Å². The molecule has 1 aliphatic heterocycles. The first kappa shape index (κ1) is 20.6. The molecule has 4 aliphatic carbocycles. The number of rotatable bonds is 5. The summed E-state index contributed by atoms with van der Waals surface area (Å²) in [6.07, 6.45) is 7.75. The van der Waals surface area contributed by atoms with Crippen molar-refractivity contribution in [1.29, 1.82) is 0 Å². The minimum absolute atomic E-state index is 0.0691. The van der Waals surface area contributed by atoms with E-state index < -0.39 is 0 Å². The highest BCUT2D eigenvalue weighted by Gasteiger charge is 2.51. The van der Waals surface area contributed by atoms with Crippen molar-refractivity contribution in [2.75, 3.05) is 52.4 Å². The summed E-state index contributed by atoms with van der Waals surface area (Å²) in [5.74, 6) is 4.41. The Hall–Kier alpha value is -2.31. The molecule has 0 aromatic heterocycles. The van der Waals surface area contributed by atoms with Gasteiger partial charge >= 0.3 is 6.03 Å². The van der Waals surface area contributed by atoms with Crippen LogP contribution in [0.25, 0.3) is 0 Å². The van der Waals surface area contributed by atoms with E-state index in [9.17, 15) is 4.79 Å². The lowest BCUT2D eigenvalue weighted by Gasteiger charge is -2.57. The summed E-state index contributed by atoms with van der Waals surface area (Å²) in [6, 6.07) is 4.09. The van der Waals surface area contributed by atoms with Crippen LogP contribution in [0.3, 0.4) is 0 Å². The molecule has 1 aromatic carbocycles. The van der Waals surface area contributed by atoms with Crippen LogP contribution in [0.15, 0.2) is 12.1 Å². The molecule has 4 bridgehead atoms. The van der Waals surface area contributed by atoms with Gasteiger partial charge in [-0.05, 0) is 56.3 Å². The third-order valence-corrected chi connectivity index (χ3v) is 7.99. The summed E-state index contributed by atoms with van der Waals surface area (Å²) in [6.45, 7) is 3.00. The van der Waals surface area contributed by atoms with Crippen LogP contribution in [-0.2, 0) is 0 Å². The molecule has 0 unspecified atom stereocenters. The molecule has 2 amide bonds. The quantitative estimate of drug-likeness (QED) is 0.776. The molecule has 0 radical (unpaired) electrons. The van der Waals surface area contributed by atoms with Crippen LogP contribution >= 0.6 is 0 Å². The van der Waals surface area contributed by atoms with Crippen molar-refractivity contribution in [3.8, 4) is 17.2 Å². The molecule has 0 atom stereocenters. The van der Waals surface area contributed by atoms with E-state index in [1.165, 1.54) is 38.5 Å². The second kappa shape index (κ2) is 7.99. The van der Waals surface area contributed by atoms with Crippen molar-refractivity contribution in [2.24, 2.45) is 17.8 Å². The average molecular weight is 430 g/mol. The summed E-state index contributed by atoms with van der Waals surface area (Å²) in [5.41, 5.74) is 1.09. The molecule has 1 N–H and O–H groups in total. The number of carbonyl (C=O) groups excluding carboxylic acids is 1. The third kappa shape index (κ3) is 3.76. The van der Waals surface area contributed by atoms with Gasteiger partial charge in [-0.1, -0.05) is 0 Å². The van der Waals surface area contributed by atoms with Crippen LogP contribution in [0.5, 0.6) is 17.2 Å². The summed E-state index contributed by atoms with van der Waals surface area (Å²) in [7, 11) is 4.88. The number of piperazine rings is 1. The zero-order valence-electron chi connectivity index (χ0n) is 19.0. The van der Waals surface area contributed by atoms with E-state index in [-0.39, 0.29) is 11.6 Å². The molecule has 7 heteroatoms. The molecule has 1 aromatic rings. The van der Waals surface area contributed by atoms with Gasteiger partial charge in [0.1, 0.15) is 0 Å². The third-order valence-electron chi connectivity index (χ3n) is 7.99. The normalized spacial score (nSPS) is 31.5. The van der Waals surface area contributed by atoms with E-state index >= 15 is 0 Å². The minimum Gasteiger partial charge on any atom is -0.493 e. The number of nitrogens with one attached hydrogen (secondary N) is 1. The summed E-state index contributed by atoms with van der Waals surface area (Å²) < 4.78 is 16.4. The first-order valence-corrected chi connectivity index (χ1v) is 11.6. The Morgan fingerprint density at radius 3 is 1.84 bits per heavy atom. The van der Waals surface area contributed by atoms with Gasteiger partial charge in [-0.15, -0.1) is 0 Å². The summed E-state index contributed by atoms with van der Waals surface area (Å²) in [4.78, 5) is 17.4. The molecule has 170 valence electrons. The van der Waals surface area contributed by atoms with Crippen LogP contribution < -0.4 is 24.4 Å². The molecule has 31 heavy (non-hydrogen) atoms. The number of hydrogen-bond acceptors (Lipinski definition) is 5. The number of amides is 2. The molecule has 0 spiro atoms. The van der Waals surface area contributed by atoms with E-state index in [1.54, 1.807) is 21.3 Å². The topological polar surface area (TPSA) is 63.3 Å². The van der Waals surface area contributed by atoms with Crippen LogP contribution in [0, 0.1) is 17.8 Å². The van der Waals surface area contributed by atoms with Crippen LogP contribution in [0.1, 0.15) is 38.5 Å². The highest BCUT2D eigenvalue weighted by molar-refractivity contribution is 5.76. The fourth-order valence-electron chi connectivity index (χ4n) is 6.99. The molecular weight excluding hydrogens is 394 g/mol. The fraction of sp³-hybridized carbons (Fsp3) is 0.708. The van der Waals surface area contributed by atoms with Crippen LogP contribution in [0.4, 0.5) is 10.5 Å². The Kier molecular flexibility index (Phi) is 5.30. The van der Waals surface area contributed by atoms with Gasteiger partial charge < -0.3 is 29.3 Å². The largest absolute Gasteiger partial charge is 0.493 e. The Morgan fingerprint density at radius 2 is 1.39 bits per heavy atom. The zero-order valence-corrected chi connectivity index (χ0v) is 19.0. The number of urea groups is 1. The Labute approximate surface area is 185 Å². The summed E-state index contributed by atoms with van der Waals surface area (Å²) in [5, 5.41) is 3.51. The molecule has 1 saturated heterocycles. The van der Waals surface area contributed by atoms with E-state index in [4.69, 9.17) is 14.2 Å². The number of methoxy groups -OCH3 is 3. The molecule has 5 aliphatic rings. The smallest absolute Gasteiger partial charge is 0.317 e. The number of anilines is 1. The van der Waals surface area contributed by atoms with Crippen molar-refractivity contribution in [1.82, 2.24) is 10.2 Å². The highest BCUT2D eigenvalue weighted by atomic mass is 16.5. The van der Waals surface area contributed by atoms with Crippen molar-refractivity contribution in [3.05, 3.63) is 12.1 Å². The molecule has 4 saturated carbocycles. The number of nitrogens with zero attached hydrogens (tertiary/aromatic N) is 2. The SMILES string of the molecule is COc1cc(N2CCN(C(=O)NC34CC5CC(CC(C5)C3)C4)CC2)cc(OC)c1OC. The second-order valence-electron chi connectivity index (χ2n) is 9.99. The minimum atomic E-state index is 0.0691. The monoisotopic (exact) mass is 429 g/mol. The van der Waals surface area contributed by atoms with E-state index in [2.05, 4.69) is 10.2 Å². The first-order chi connectivity index (χ1) is 15.0. The van der Waals surface area contributed by atoms with Crippen molar-refractivity contribution >= 4 is 11.7 Å². The lowest BCUT2D eigenvalue weighted by Crippen LogP contribution is -2.63. The van der Waals surface area contributed by atoms with Gasteiger partial charge in [-0.25, -0.2) is 4.79 Å². The van der Waals surface area contributed by atoms with Crippen LogP contribution in [-0.4, -0.2) is 64.0 Å².